The average molecular weight is 241 g/mol. The van der Waals surface area contributed by atoms with Crippen molar-refractivity contribution >= 4 is 6.71 Å². The highest BCUT2D eigenvalue weighted by molar-refractivity contribution is 6.58. The van der Waals surface area contributed by atoms with Crippen LogP contribution >= 0.6 is 0 Å². The molecule has 1 nitrogen and oxygen atoms in total. The average Bonchev–Trinajstić information content (AvgIpc) is 2.33. The highest BCUT2D eigenvalue weighted by Gasteiger charge is 2.01. The third kappa shape index (κ3) is 14.0. The molecule has 0 spiro atoms. The van der Waals surface area contributed by atoms with Gasteiger partial charge in [0.05, 0.1) is 0 Å². The van der Waals surface area contributed by atoms with Crippen molar-refractivity contribution in [2.45, 2.75) is 79.8 Å². The zero-order valence-corrected chi connectivity index (χ0v) is 13.4. The molecule has 0 aromatic heterocycles. The largest absolute Gasteiger partial charge is 0.303 e. The normalized spacial score (nSPS) is 10.1. The van der Waals surface area contributed by atoms with Gasteiger partial charge in [-0.05, 0) is 38.9 Å². The van der Waals surface area contributed by atoms with Crippen LogP contribution in [0.25, 0.3) is 0 Å². The fraction of sp³-hybridized carbons (Fsp3) is 1.00. The Morgan fingerprint density at radius 1 is 0.588 bits per heavy atom. The van der Waals surface area contributed by atoms with Crippen LogP contribution in [-0.4, -0.2) is 31.2 Å². The van der Waals surface area contributed by atoms with Crippen LogP contribution < -0.4 is 0 Å². The lowest BCUT2D eigenvalue weighted by molar-refractivity contribution is 0.275. The van der Waals surface area contributed by atoms with E-state index < -0.39 is 0 Å². The summed E-state index contributed by atoms with van der Waals surface area (Å²) in [7, 11) is 0. The van der Waals surface area contributed by atoms with Crippen molar-refractivity contribution in [3.8, 4) is 0 Å². The summed E-state index contributed by atoms with van der Waals surface area (Å²) in [5, 5.41) is 0. The first-order chi connectivity index (χ1) is 8.19. The van der Waals surface area contributed by atoms with Gasteiger partial charge in [0.2, 0.25) is 0 Å². The van der Waals surface area contributed by atoms with Crippen LogP contribution in [0.4, 0.5) is 0 Å². The third-order valence-electron chi connectivity index (χ3n) is 3.35. The minimum atomic E-state index is 0.986. The summed E-state index contributed by atoms with van der Waals surface area (Å²) in [5.41, 5.74) is 0. The minimum Gasteiger partial charge on any atom is -0.303 e. The molecule has 0 heterocycles. The van der Waals surface area contributed by atoms with Crippen LogP contribution in [0.15, 0.2) is 0 Å². The van der Waals surface area contributed by atoms with Gasteiger partial charge in [-0.2, -0.15) is 0 Å². The molecular formula is C15H36BN. The summed E-state index contributed by atoms with van der Waals surface area (Å²) in [4.78, 5) is 2.54. The van der Waals surface area contributed by atoms with E-state index in [1.807, 2.05) is 0 Å². The summed E-state index contributed by atoms with van der Waals surface area (Å²) in [6, 6.07) is 0. The van der Waals surface area contributed by atoms with E-state index in [9.17, 15) is 0 Å². The SMILES string of the molecule is CCB(CC)CC.CCCN(CCC)CCC. The van der Waals surface area contributed by atoms with Crippen LogP contribution in [0.3, 0.4) is 0 Å². The van der Waals surface area contributed by atoms with Crippen LogP contribution in [-0.2, 0) is 0 Å². The fourth-order valence-corrected chi connectivity index (χ4v) is 2.15. The van der Waals surface area contributed by atoms with Crippen LogP contribution in [0.1, 0.15) is 60.8 Å². The maximum atomic E-state index is 2.54. The molecule has 0 aliphatic carbocycles. The Balaban J connectivity index is 0. The molecule has 0 N–H and O–H groups in total. The molecular weight excluding hydrogens is 205 g/mol. The molecule has 0 aliphatic heterocycles. The molecule has 17 heavy (non-hydrogen) atoms. The second-order valence-corrected chi connectivity index (χ2v) is 4.93. The Morgan fingerprint density at radius 3 is 1.00 bits per heavy atom. The van der Waals surface area contributed by atoms with E-state index in [1.54, 1.807) is 0 Å². The zero-order valence-electron chi connectivity index (χ0n) is 13.4. The quantitative estimate of drug-likeness (QED) is 0.510. The van der Waals surface area contributed by atoms with E-state index in [4.69, 9.17) is 0 Å². The van der Waals surface area contributed by atoms with Crippen LogP contribution in [0, 0.1) is 0 Å². The van der Waals surface area contributed by atoms with E-state index in [0.717, 1.165) is 6.71 Å². The van der Waals surface area contributed by atoms with E-state index in [2.05, 4.69) is 46.4 Å². The van der Waals surface area contributed by atoms with Gasteiger partial charge in [0.1, 0.15) is 6.71 Å². The Morgan fingerprint density at radius 2 is 0.882 bits per heavy atom. The number of nitrogens with zero attached hydrogens (tertiary/aromatic N) is 1. The first kappa shape index (κ1) is 19.4. The van der Waals surface area contributed by atoms with Gasteiger partial charge >= 0.3 is 0 Å². The molecule has 0 rings (SSSR count). The Bertz CT molecular complexity index is 104. The standard InChI is InChI=1S/C9H21N.C6H15B/c1-4-7-10(8-5-2)9-6-3;1-4-7(5-2)6-3/h4-9H2,1-3H3;4-6H2,1-3H3. The van der Waals surface area contributed by atoms with Crippen molar-refractivity contribution in [1.82, 2.24) is 4.90 Å². The van der Waals surface area contributed by atoms with Gasteiger partial charge in [-0.15, -0.1) is 0 Å². The molecule has 0 radical (unpaired) electrons. The predicted molar refractivity (Wildman–Crippen MR) is 84.5 cm³/mol. The maximum absolute atomic E-state index is 2.54. The second-order valence-electron chi connectivity index (χ2n) is 4.93. The van der Waals surface area contributed by atoms with Crippen molar-refractivity contribution in [3.05, 3.63) is 0 Å². The monoisotopic (exact) mass is 241 g/mol. The summed E-state index contributed by atoms with van der Waals surface area (Å²) < 4.78 is 0. The number of hydrogen-bond acceptors (Lipinski definition) is 1. The van der Waals surface area contributed by atoms with Crippen molar-refractivity contribution in [3.63, 3.8) is 0 Å². The van der Waals surface area contributed by atoms with Gasteiger partial charge in [0.15, 0.2) is 0 Å². The van der Waals surface area contributed by atoms with Gasteiger partial charge in [-0.25, -0.2) is 0 Å². The van der Waals surface area contributed by atoms with Gasteiger partial charge < -0.3 is 4.90 Å². The predicted octanol–water partition coefficient (Wildman–Crippen LogP) is 5.06. The third-order valence-corrected chi connectivity index (χ3v) is 3.35. The van der Waals surface area contributed by atoms with Crippen molar-refractivity contribution in [2.75, 3.05) is 19.6 Å². The van der Waals surface area contributed by atoms with Crippen molar-refractivity contribution in [1.29, 1.82) is 0 Å². The number of hydrogen-bond donors (Lipinski definition) is 0. The van der Waals surface area contributed by atoms with Crippen molar-refractivity contribution in [2.24, 2.45) is 0 Å². The van der Waals surface area contributed by atoms with Gasteiger partial charge in [0.25, 0.3) is 0 Å². The first-order valence-corrected chi connectivity index (χ1v) is 7.92. The first-order valence-electron chi connectivity index (χ1n) is 7.92. The summed E-state index contributed by atoms with van der Waals surface area (Å²) in [5.74, 6) is 0. The Hall–Kier alpha value is 0.0249. The fourth-order valence-electron chi connectivity index (χ4n) is 2.15. The zero-order chi connectivity index (χ0) is 13.5. The summed E-state index contributed by atoms with van der Waals surface area (Å²) in [6.45, 7) is 18.4. The lowest BCUT2D eigenvalue weighted by atomic mass is 9.44. The molecule has 0 fully saturated rings. The lowest BCUT2D eigenvalue weighted by Gasteiger charge is -2.19. The molecule has 0 amide bonds. The molecule has 0 bridgehead atoms. The Labute approximate surface area is 111 Å². The van der Waals surface area contributed by atoms with Gasteiger partial charge in [-0.3, -0.25) is 0 Å². The maximum Gasteiger partial charge on any atom is 0.139 e. The molecule has 0 atom stereocenters. The lowest BCUT2D eigenvalue weighted by Crippen LogP contribution is -2.25. The van der Waals surface area contributed by atoms with E-state index >= 15 is 0 Å². The van der Waals surface area contributed by atoms with E-state index in [-0.39, 0.29) is 0 Å². The minimum absolute atomic E-state index is 0.986. The van der Waals surface area contributed by atoms with E-state index in [0.29, 0.717) is 0 Å². The topological polar surface area (TPSA) is 3.24 Å². The smallest absolute Gasteiger partial charge is 0.139 e. The second kappa shape index (κ2) is 16.0. The molecule has 104 valence electrons. The Kier molecular flexibility index (Phi) is 18.3. The van der Waals surface area contributed by atoms with Crippen molar-refractivity contribution < 1.29 is 0 Å². The van der Waals surface area contributed by atoms with Crippen LogP contribution in [0.2, 0.25) is 19.0 Å². The summed E-state index contributed by atoms with van der Waals surface area (Å²) >= 11 is 0. The highest BCUT2D eigenvalue weighted by Crippen LogP contribution is 2.01. The molecule has 0 unspecified atom stereocenters. The van der Waals surface area contributed by atoms with E-state index in [1.165, 1.54) is 57.9 Å². The molecule has 0 aliphatic rings. The van der Waals surface area contributed by atoms with Gasteiger partial charge in [0, 0.05) is 0 Å². The van der Waals surface area contributed by atoms with Gasteiger partial charge in [-0.1, -0.05) is 60.5 Å². The molecule has 0 aromatic carbocycles. The molecule has 2 heteroatoms. The molecule has 0 aromatic rings. The van der Waals surface area contributed by atoms with Crippen LogP contribution in [0.5, 0.6) is 0 Å². The molecule has 0 saturated carbocycles. The molecule has 0 saturated heterocycles. The number of rotatable bonds is 9. The highest BCUT2D eigenvalue weighted by atomic mass is 15.1. The summed E-state index contributed by atoms with van der Waals surface area (Å²) in [6.07, 6.45) is 7.94.